The van der Waals surface area contributed by atoms with Crippen LogP contribution in [0.3, 0.4) is 0 Å². The number of nitrogens with zero attached hydrogens (tertiary/aromatic N) is 3. The molecule has 0 aliphatic carbocycles. The molecule has 6 nitrogen and oxygen atoms in total. The minimum absolute atomic E-state index is 0.0664. The van der Waals surface area contributed by atoms with Crippen molar-refractivity contribution in [3.63, 3.8) is 0 Å². The van der Waals surface area contributed by atoms with Gasteiger partial charge in [0.2, 0.25) is 0 Å². The van der Waals surface area contributed by atoms with E-state index in [0.717, 1.165) is 5.56 Å². The Bertz CT molecular complexity index is 942. The lowest BCUT2D eigenvalue weighted by molar-refractivity contribution is -0.158. The van der Waals surface area contributed by atoms with Crippen LogP contribution in [0.1, 0.15) is 28.8 Å². The molecule has 156 valence electrons. The molecule has 2 fully saturated rings. The van der Waals surface area contributed by atoms with Crippen molar-refractivity contribution in [2.75, 3.05) is 26.2 Å². The van der Waals surface area contributed by atoms with Crippen LogP contribution >= 0.6 is 0 Å². The lowest BCUT2D eigenvalue weighted by atomic mass is 10.0. The fourth-order valence-electron chi connectivity index (χ4n) is 4.18. The molecule has 0 radical (unpaired) electrons. The molecule has 7 heteroatoms. The molecule has 2 aromatic carbocycles. The van der Waals surface area contributed by atoms with Crippen molar-refractivity contribution in [3.05, 3.63) is 71.5 Å². The number of rotatable bonds is 4. The molecule has 3 amide bonds. The van der Waals surface area contributed by atoms with E-state index in [9.17, 15) is 18.8 Å². The quantitative estimate of drug-likeness (QED) is 0.728. The maximum atomic E-state index is 13.9. The van der Waals surface area contributed by atoms with Crippen LogP contribution < -0.4 is 0 Å². The molecule has 30 heavy (non-hydrogen) atoms. The molecule has 2 aromatic rings. The molecule has 0 aromatic heterocycles. The minimum atomic E-state index is -0.528. The molecule has 0 unspecified atom stereocenters. The number of hydrogen-bond acceptors (Lipinski definition) is 3. The van der Waals surface area contributed by atoms with Crippen LogP contribution in [0, 0.1) is 5.82 Å². The maximum absolute atomic E-state index is 13.9. The maximum Gasteiger partial charge on any atom is 0.312 e. The third-order valence-electron chi connectivity index (χ3n) is 5.85. The summed E-state index contributed by atoms with van der Waals surface area (Å²) >= 11 is 0. The fraction of sp³-hybridized carbons (Fsp3) is 0.348. The van der Waals surface area contributed by atoms with Crippen molar-refractivity contribution in [2.45, 2.75) is 25.4 Å². The summed E-state index contributed by atoms with van der Waals surface area (Å²) < 4.78 is 13.9. The van der Waals surface area contributed by atoms with Crippen LogP contribution in [-0.2, 0) is 16.1 Å². The van der Waals surface area contributed by atoms with Gasteiger partial charge in [-0.2, -0.15) is 0 Å². The summed E-state index contributed by atoms with van der Waals surface area (Å²) in [6.07, 6.45) is 1.16. The lowest BCUT2D eigenvalue weighted by Crippen LogP contribution is -2.59. The number of amides is 3. The largest absolute Gasteiger partial charge is 0.338 e. The number of benzene rings is 2. The van der Waals surface area contributed by atoms with Crippen molar-refractivity contribution in [3.8, 4) is 0 Å². The Morgan fingerprint density at radius 2 is 1.53 bits per heavy atom. The van der Waals surface area contributed by atoms with E-state index in [0.29, 0.717) is 45.6 Å². The molecule has 0 spiro atoms. The van der Waals surface area contributed by atoms with Crippen molar-refractivity contribution in [2.24, 2.45) is 0 Å². The number of halogens is 1. The number of piperazine rings is 1. The summed E-state index contributed by atoms with van der Waals surface area (Å²) in [4.78, 5) is 42.8. The molecule has 0 saturated carbocycles. The predicted molar refractivity (Wildman–Crippen MR) is 109 cm³/mol. The highest BCUT2D eigenvalue weighted by atomic mass is 19.1. The summed E-state index contributed by atoms with van der Waals surface area (Å²) in [5, 5.41) is 0. The van der Waals surface area contributed by atoms with Gasteiger partial charge in [-0.05, 0) is 30.5 Å². The number of carbonyl (C=O) groups excluding carboxylic acids is 3. The van der Waals surface area contributed by atoms with Crippen LogP contribution in [0.15, 0.2) is 54.6 Å². The van der Waals surface area contributed by atoms with Gasteiger partial charge in [0.1, 0.15) is 5.82 Å². The van der Waals surface area contributed by atoms with Gasteiger partial charge in [-0.15, -0.1) is 0 Å². The Morgan fingerprint density at radius 3 is 2.23 bits per heavy atom. The van der Waals surface area contributed by atoms with E-state index >= 15 is 0 Å². The van der Waals surface area contributed by atoms with Gasteiger partial charge in [-0.3, -0.25) is 14.4 Å². The lowest BCUT2D eigenvalue weighted by Gasteiger charge is -2.42. The molecular formula is C23H24FN3O3. The zero-order chi connectivity index (χ0) is 21.1. The minimum Gasteiger partial charge on any atom is -0.338 e. The normalized spacial score (nSPS) is 18.1. The van der Waals surface area contributed by atoms with Gasteiger partial charge in [0, 0.05) is 38.8 Å². The van der Waals surface area contributed by atoms with E-state index in [1.807, 2.05) is 30.3 Å². The van der Waals surface area contributed by atoms with Gasteiger partial charge in [-0.25, -0.2) is 4.39 Å². The van der Waals surface area contributed by atoms with E-state index in [2.05, 4.69) is 0 Å². The first-order chi connectivity index (χ1) is 14.5. The summed E-state index contributed by atoms with van der Waals surface area (Å²) in [6, 6.07) is 15.5. The first kappa shape index (κ1) is 20.1. The Kier molecular flexibility index (Phi) is 5.79. The molecule has 0 bridgehead atoms. The molecule has 2 heterocycles. The number of carbonyl (C=O) groups is 3. The Balaban J connectivity index is 1.34. The molecule has 2 aliphatic heterocycles. The number of piperidine rings is 1. The molecule has 0 atom stereocenters. The number of hydrogen-bond donors (Lipinski definition) is 0. The Morgan fingerprint density at radius 1 is 0.867 bits per heavy atom. The summed E-state index contributed by atoms with van der Waals surface area (Å²) in [5.41, 5.74) is 1.06. The Hall–Kier alpha value is -3.22. The van der Waals surface area contributed by atoms with Crippen molar-refractivity contribution >= 4 is 17.7 Å². The standard InChI is InChI=1S/C23H24FN3O3/c24-20-9-5-4-8-19(20)21(28)25-12-10-18(11-13-25)27-15-14-26(22(29)23(27)30)16-17-6-2-1-3-7-17/h1-9,18H,10-16H2. The highest BCUT2D eigenvalue weighted by Crippen LogP contribution is 2.22. The van der Waals surface area contributed by atoms with Crippen LogP contribution in [0.2, 0.25) is 0 Å². The highest BCUT2D eigenvalue weighted by molar-refractivity contribution is 6.35. The van der Waals surface area contributed by atoms with Crippen molar-refractivity contribution in [1.29, 1.82) is 0 Å². The smallest absolute Gasteiger partial charge is 0.312 e. The first-order valence-corrected chi connectivity index (χ1v) is 10.2. The van der Waals surface area contributed by atoms with Crippen LogP contribution in [0.4, 0.5) is 4.39 Å². The molecular weight excluding hydrogens is 385 g/mol. The highest BCUT2D eigenvalue weighted by Gasteiger charge is 2.38. The van der Waals surface area contributed by atoms with E-state index in [-0.39, 0.29) is 17.5 Å². The third kappa shape index (κ3) is 4.06. The molecule has 2 aliphatic rings. The van der Waals surface area contributed by atoms with E-state index in [1.54, 1.807) is 26.8 Å². The topological polar surface area (TPSA) is 60.9 Å². The van der Waals surface area contributed by atoms with Gasteiger partial charge in [0.25, 0.3) is 5.91 Å². The summed E-state index contributed by atoms with van der Waals surface area (Å²) in [7, 11) is 0. The van der Waals surface area contributed by atoms with Gasteiger partial charge in [0.05, 0.1) is 5.56 Å². The first-order valence-electron chi connectivity index (χ1n) is 10.2. The van der Waals surface area contributed by atoms with Gasteiger partial charge in [0.15, 0.2) is 0 Å². The van der Waals surface area contributed by atoms with Crippen LogP contribution in [-0.4, -0.2) is 64.6 Å². The zero-order valence-electron chi connectivity index (χ0n) is 16.7. The second kappa shape index (κ2) is 8.65. The summed E-state index contributed by atoms with van der Waals surface area (Å²) in [5.74, 6) is -1.81. The van der Waals surface area contributed by atoms with E-state index in [1.165, 1.54) is 12.1 Å². The third-order valence-corrected chi connectivity index (χ3v) is 5.85. The van der Waals surface area contributed by atoms with Gasteiger partial charge >= 0.3 is 11.8 Å². The molecule has 0 N–H and O–H groups in total. The average Bonchev–Trinajstić information content (AvgIpc) is 2.78. The predicted octanol–water partition coefficient (Wildman–Crippen LogP) is 2.30. The van der Waals surface area contributed by atoms with Crippen LogP contribution in [0.25, 0.3) is 0 Å². The van der Waals surface area contributed by atoms with E-state index in [4.69, 9.17) is 0 Å². The summed E-state index contributed by atoms with van der Waals surface area (Å²) in [6.45, 7) is 2.28. The van der Waals surface area contributed by atoms with Crippen LogP contribution in [0.5, 0.6) is 0 Å². The number of likely N-dealkylation sites (tertiary alicyclic amines) is 1. The van der Waals surface area contributed by atoms with Crippen molar-refractivity contribution in [1.82, 2.24) is 14.7 Å². The Labute approximate surface area is 174 Å². The van der Waals surface area contributed by atoms with Gasteiger partial charge in [-0.1, -0.05) is 42.5 Å². The fourth-order valence-corrected chi connectivity index (χ4v) is 4.18. The second-order valence-electron chi connectivity index (χ2n) is 7.71. The average molecular weight is 409 g/mol. The monoisotopic (exact) mass is 409 g/mol. The molecule has 4 rings (SSSR count). The second-order valence-corrected chi connectivity index (χ2v) is 7.71. The van der Waals surface area contributed by atoms with Gasteiger partial charge < -0.3 is 14.7 Å². The SMILES string of the molecule is O=C1C(=O)N(C2CCN(C(=O)c3ccccc3F)CC2)CCN1Cc1ccccc1. The molecule has 2 saturated heterocycles. The van der Waals surface area contributed by atoms with E-state index < -0.39 is 17.6 Å². The zero-order valence-corrected chi connectivity index (χ0v) is 16.7. The van der Waals surface area contributed by atoms with Crippen molar-refractivity contribution < 1.29 is 18.8 Å².